The minimum Gasteiger partial charge on any atom is -0.469 e. The molecular formula is C13H15N3O2. The third kappa shape index (κ3) is 2.51. The first kappa shape index (κ1) is 12.2. The molecule has 5 heteroatoms. The summed E-state index contributed by atoms with van der Waals surface area (Å²) >= 11 is 0. The summed E-state index contributed by atoms with van der Waals surface area (Å²) in [6.07, 6.45) is 2.03. The molecule has 18 heavy (non-hydrogen) atoms. The Morgan fingerprint density at radius 2 is 2.28 bits per heavy atom. The van der Waals surface area contributed by atoms with Crippen molar-refractivity contribution in [1.82, 2.24) is 4.98 Å². The van der Waals surface area contributed by atoms with Crippen LogP contribution in [-0.2, 0) is 9.53 Å². The number of hydrogen-bond donors (Lipinski definition) is 2. The van der Waals surface area contributed by atoms with Gasteiger partial charge in [-0.25, -0.2) is 0 Å². The van der Waals surface area contributed by atoms with E-state index in [9.17, 15) is 4.79 Å². The number of ether oxygens (including phenoxy) is 1. The van der Waals surface area contributed by atoms with E-state index in [4.69, 9.17) is 5.73 Å². The van der Waals surface area contributed by atoms with Crippen LogP contribution >= 0.6 is 0 Å². The molecule has 0 bridgehead atoms. The third-order valence-corrected chi connectivity index (χ3v) is 2.67. The standard InChI is InChI=1S/C13H15N3O2/c1-18-12(17)6-8-15-11-5-4-10(14)13-9(11)3-2-7-16-13/h2-5,7,15H,6,8,14H2,1H3. The van der Waals surface area contributed by atoms with Crippen molar-refractivity contribution in [1.29, 1.82) is 0 Å². The molecule has 1 aromatic carbocycles. The topological polar surface area (TPSA) is 77.2 Å². The van der Waals surface area contributed by atoms with Crippen molar-refractivity contribution in [3.63, 3.8) is 0 Å². The van der Waals surface area contributed by atoms with Crippen LogP contribution in [0.2, 0.25) is 0 Å². The van der Waals surface area contributed by atoms with Gasteiger partial charge in [-0.3, -0.25) is 9.78 Å². The number of nitrogens with one attached hydrogen (secondary N) is 1. The summed E-state index contributed by atoms with van der Waals surface area (Å²) in [7, 11) is 1.38. The summed E-state index contributed by atoms with van der Waals surface area (Å²) in [5.74, 6) is -0.236. The zero-order valence-corrected chi connectivity index (χ0v) is 10.1. The highest BCUT2D eigenvalue weighted by Gasteiger charge is 2.05. The molecule has 0 saturated carbocycles. The second-order valence-electron chi connectivity index (χ2n) is 3.85. The fourth-order valence-corrected chi connectivity index (χ4v) is 1.75. The van der Waals surface area contributed by atoms with Gasteiger partial charge >= 0.3 is 5.97 Å². The van der Waals surface area contributed by atoms with Gasteiger partial charge in [0.2, 0.25) is 0 Å². The molecule has 0 fully saturated rings. The van der Waals surface area contributed by atoms with Gasteiger partial charge in [0.25, 0.3) is 0 Å². The molecule has 0 unspecified atom stereocenters. The number of nitrogen functional groups attached to an aromatic ring is 1. The van der Waals surface area contributed by atoms with Crippen molar-refractivity contribution in [3.05, 3.63) is 30.5 Å². The lowest BCUT2D eigenvalue weighted by Gasteiger charge is -2.10. The SMILES string of the molecule is COC(=O)CCNc1ccc(N)c2ncccc12. The molecule has 0 aliphatic heterocycles. The van der Waals surface area contributed by atoms with E-state index in [-0.39, 0.29) is 5.97 Å². The van der Waals surface area contributed by atoms with Crippen LogP contribution in [0.25, 0.3) is 10.9 Å². The summed E-state index contributed by atoms with van der Waals surface area (Å²) in [4.78, 5) is 15.3. The maximum Gasteiger partial charge on any atom is 0.307 e. The van der Waals surface area contributed by atoms with Crippen molar-refractivity contribution in [2.24, 2.45) is 0 Å². The van der Waals surface area contributed by atoms with Gasteiger partial charge in [0, 0.05) is 23.8 Å². The second kappa shape index (κ2) is 5.35. The molecule has 0 atom stereocenters. The van der Waals surface area contributed by atoms with Crippen molar-refractivity contribution in [2.45, 2.75) is 6.42 Å². The quantitative estimate of drug-likeness (QED) is 0.634. The smallest absolute Gasteiger partial charge is 0.307 e. The Kier molecular flexibility index (Phi) is 3.62. The van der Waals surface area contributed by atoms with Crippen LogP contribution < -0.4 is 11.1 Å². The summed E-state index contributed by atoms with van der Waals surface area (Å²) in [6.45, 7) is 0.514. The second-order valence-corrected chi connectivity index (χ2v) is 3.85. The minimum atomic E-state index is -0.236. The summed E-state index contributed by atoms with van der Waals surface area (Å²) in [5, 5.41) is 4.13. The summed E-state index contributed by atoms with van der Waals surface area (Å²) < 4.78 is 4.58. The van der Waals surface area contributed by atoms with E-state index in [2.05, 4.69) is 15.0 Å². The fourth-order valence-electron chi connectivity index (χ4n) is 1.75. The number of aromatic nitrogens is 1. The summed E-state index contributed by atoms with van der Waals surface area (Å²) in [5.41, 5.74) is 8.18. The number of fused-ring (bicyclic) bond motifs is 1. The van der Waals surface area contributed by atoms with Crippen LogP contribution in [-0.4, -0.2) is 24.6 Å². The van der Waals surface area contributed by atoms with Gasteiger partial charge in [-0.05, 0) is 24.3 Å². The Bertz CT molecular complexity index is 569. The van der Waals surface area contributed by atoms with E-state index in [1.807, 2.05) is 18.2 Å². The number of benzene rings is 1. The predicted octanol–water partition coefficient (Wildman–Crippen LogP) is 1.79. The van der Waals surface area contributed by atoms with Gasteiger partial charge in [-0.2, -0.15) is 0 Å². The number of nitrogens with zero attached hydrogens (tertiary/aromatic N) is 1. The van der Waals surface area contributed by atoms with Crippen molar-refractivity contribution < 1.29 is 9.53 Å². The van der Waals surface area contributed by atoms with Gasteiger partial charge in [0.15, 0.2) is 0 Å². The van der Waals surface area contributed by atoms with E-state index in [1.54, 1.807) is 12.3 Å². The molecule has 2 aromatic rings. The van der Waals surface area contributed by atoms with Crippen molar-refractivity contribution in [3.8, 4) is 0 Å². The number of nitrogens with two attached hydrogens (primary N) is 1. The molecule has 94 valence electrons. The predicted molar refractivity (Wildman–Crippen MR) is 71.3 cm³/mol. The molecular weight excluding hydrogens is 230 g/mol. The minimum absolute atomic E-state index is 0.236. The number of methoxy groups -OCH3 is 1. The molecule has 0 spiro atoms. The van der Waals surface area contributed by atoms with Crippen LogP contribution in [0.4, 0.5) is 11.4 Å². The fraction of sp³-hybridized carbons (Fsp3) is 0.231. The number of anilines is 2. The molecule has 5 nitrogen and oxygen atoms in total. The Labute approximate surface area is 105 Å². The molecule has 2 rings (SSSR count). The molecule has 0 radical (unpaired) electrons. The Morgan fingerprint density at radius 1 is 1.44 bits per heavy atom. The van der Waals surface area contributed by atoms with E-state index in [0.717, 1.165) is 16.6 Å². The maximum atomic E-state index is 11.0. The first-order valence-electron chi connectivity index (χ1n) is 5.66. The largest absolute Gasteiger partial charge is 0.469 e. The average Bonchev–Trinajstić information content (AvgIpc) is 2.41. The van der Waals surface area contributed by atoms with Crippen molar-refractivity contribution in [2.75, 3.05) is 24.7 Å². The number of hydrogen-bond acceptors (Lipinski definition) is 5. The monoisotopic (exact) mass is 245 g/mol. The average molecular weight is 245 g/mol. The zero-order chi connectivity index (χ0) is 13.0. The lowest BCUT2D eigenvalue weighted by molar-refractivity contribution is -0.140. The molecule has 1 heterocycles. The van der Waals surface area contributed by atoms with Crippen molar-refractivity contribution >= 4 is 28.2 Å². The molecule has 0 aliphatic rings. The Balaban J connectivity index is 2.18. The van der Waals surface area contributed by atoms with Crippen LogP contribution in [0.15, 0.2) is 30.5 Å². The number of carbonyl (C=O) groups excluding carboxylic acids is 1. The van der Waals surface area contributed by atoms with Gasteiger partial charge < -0.3 is 15.8 Å². The highest BCUT2D eigenvalue weighted by molar-refractivity contribution is 5.98. The molecule has 0 amide bonds. The number of carbonyl (C=O) groups is 1. The molecule has 1 aromatic heterocycles. The third-order valence-electron chi connectivity index (χ3n) is 2.67. The number of pyridine rings is 1. The first-order chi connectivity index (χ1) is 8.72. The molecule has 3 N–H and O–H groups in total. The van der Waals surface area contributed by atoms with E-state index < -0.39 is 0 Å². The van der Waals surface area contributed by atoms with Gasteiger partial charge in [0.1, 0.15) is 0 Å². The van der Waals surface area contributed by atoms with Crippen LogP contribution in [0, 0.1) is 0 Å². The number of rotatable bonds is 4. The summed E-state index contributed by atoms with van der Waals surface area (Å²) in [6, 6.07) is 7.48. The molecule has 0 saturated heterocycles. The van der Waals surface area contributed by atoms with Crippen LogP contribution in [0.3, 0.4) is 0 Å². The maximum absolute atomic E-state index is 11.0. The zero-order valence-electron chi connectivity index (χ0n) is 10.1. The van der Waals surface area contributed by atoms with Gasteiger partial charge in [-0.15, -0.1) is 0 Å². The van der Waals surface area contributed by atoms with E-state index in [0.29, 0.717) is 18.7 Å². The molecule has 0 aliphatic carbocycles. The first-order valence-corrected chi connectivity index (χ1v) is 5.66. The highest BCUT2D eigenvalue weighted by atomic mass is 16.5. The lowest BCUT2D eigenvalue weighted by atomic mass is 10.1. The van der Waals surface area contributed by atoms with Gasteiger partial charge in [0.05, 0.1) is 24.7 Å². The Morgan fingerprint density at radius 3 is 3.06 bits per heavy atom. The van der Waals surface area contributed by atoms with E-state index in [1.165, 1.54) is 7.11 Å². The van der Waals surface area contributed by atoms with Crippen LogP contribution in [0.5, 0.6) is 0 Å². The van der Waals surface area contributed by atoms with Gasteiger partial charge in [-0.1, -0.05) is 0 Å². The number of esters is 1. The van der Waals surface area contributed by atoms with E-state index >= 15 is 0 Å². The Hall–Kier alpha value is -2.30. The highest BCUT2D eigenvalue weighted by Crippen LogP contribution is 2.26. The lowest BCUT2D eigenvalue weighted by Crippen LogP contribution is -2.10. The normalized spacial score (nSPS) is 10.3. The van der Waals surface area contributed by atoms with Crippen LogP contribution in [0.1, 0.15) is 6.42 Å².